The van der Waals surface area contributed by atoms with Crippen LogP contribution in [0.4, 0.5) is 10.5 Å². The first kappa shape index (κ1) is 16.0. The number of pyridine rings is 1. The van der Waals surface area contributed by atoms with E-state index in [0.29, 0.717) is 24.2 Å². The number of nitrogens with one attached hydrogen (secondary N) is 3. The molecule has 1 aromatic heterocycles. The van der Waals surface area contributed by atoms with Crippen molar-refractivity contribution in [2.75, 3.05) is 25.6 Å². The quantitative estimate of drug-likeness (QED) is 0.716. The first-order valence-electron chi connectivity index (χ1n) is 7.33. The minimum absolute atomic E-state index is 0.0465. The molecule has 6 heteroatoms. The van der Waals surface area contributed by atoms with Crippen molar-refractivity contribution in [2.45, 2.75) is 19.8 Å². The van der Waals surface area contributed by atoms with Gasteiger partial charge in [-0.1, -0.05) is 6.92 Å². The van der Waals surface area contributed by atoms with E-state index in [0.717, 1.165) is 24.1 Å². The summed E-state index contributed by atoms with van der Waals surface area (Å²) in [5.74, 6) is 0. The number of ether oxygens (including phenoxy) is 1. The molecule has 1 aromatic carbocycles. The summed E-state index contributed by atoms with van der Waals surface area (Å²) in [6.45, 7) is 3.13. The molecule has 22 heavy (non-hydrogen) atoms. The van der Waals surface area contributed by atoms with Crippen LogP contribution in [-0.4, -0.2) is 31.3 Å². The van der Waals surface area contributed by atoms with Gasteiger partial charge in [0, 0.05) is 48.6 Å². The fourth-order valence-electron chi connectivity index (χ4n) is 2.16. The maximum atomic E-state index is 12.1. The van der Waals surface area contributed by atoms with Gasteiger partial charge in [0.1, 0.15) is 0 Å². The minimum atomic E-state index is -0.294. The van der Waals surface area contributed by atoms with Gasteiger partial charge in [-0.05, 0) is 31.0 Å². The Labute approximate surface area is 128 Å². The monoisotopic (exact) mass is 303 g/mol. The van der Waals surface area contributed by atoms with Crippen LogP contribution in [0.25, 0.3) is 10.9 Å². The number of urea groups is 1. The summed E-state index contributed by atoms with van der Waals surface area (Å²) < 4.78 is 4.91. The van der Waals surface area contributed by atoms with Crippen molar-refractivity contribution in [2.24, 2.45) is 0 Å². The van der Waals surface area contributed by atoms with Gasteiger partial charge in [0.25, 0.3) is 0 Å². The van der Waals surface area contributed by atoms with Crippen LogP contribution in [0.3, 0.4) is 0 Å². The van der Waals surface area contributed by atoms with E-state index < -0.39 is 0 Å². The summed E-state index contributed by atoms with van der Waals surface area (Å²) in [4.78, 5) is 27.0. The van der Waals surface area contributed by atoms with Gasteiger partial charge in [-0.15, -0.1) is 0 Å². The predicted molar refractivity (Wildman–Crippen MR) is 87.5 cm³/mol. The zero-order valence-electron chi connectivity index (χ0n) is 12.9. The summed E-state index contributed by atoms with van der Waals surface area (Å²) >= 11 is 0. The van der Waals surface area contributed by atoms with Crippen LogP contribution in [0.1, 0.15) is 19.0 Å². The van der Waals surface area contributed by atoms with Crippen molar-refractivity contribution in [1.82, 2.24) is 10.3 Å². The Hall–Kier alpha value is -2.34. The molecule has 0 aliphatic carbocycles. The van der Waals surface area contributed by atoms with E-state index in [2.05, 4.69) is 15.6 Å². The molecule has 0 radical (unpaired) electrons. The Kier molecular flexibility index (Phi) is 5.55. The number of carbonyl (C=O) groups is 1. The Morgan fingerprint density at radius 2 is 2.14 bits per heavy atom. The highest BCUT2D eigenvalue weighted by atomic mass is 16.5. The van der Waals surface area contributed by atoms with Crippen LogP contribution in [0.5, 0.6) is 0 Å². The fraction of sp³-hybridized carbons (Fsp3) is 0.375. The third-order valence-corrected chi connectivity index (χ3v) is 3.34. The largest absolute Gasteiger partial charge is 0.385 e. The van der Waals surface area contributed by atoms with Crippen LogP contribution in [-0.2, 0) is 11.2 Å². The topological polar surface area (TPSA) is 83.2 Å². The third-order valence-electron chi connectivity index (χ3n) is 3.34. The van der Waals surface area contributed by atoms with Crippen LogP contribution in [0.2, 0.25) is 0 Å². The molecule has 0 bridgehead atoms. The SMILES string of the molecule is CCc1cc(=O)c2cc(NC(=O)NCCCOC)ccc2[nH]1. The third kappa shape index (κ3) is 4.08. The second kappa shape index (κ2) is 7.61. The fourth-order valence-corrected chi connectivity index (χ4v) is 2.16. The van der Waals surface area contributed by atoms with Crippen molar-refractivity contribution in [3.8, 4) is 0 Å². The average molecular weight is 303 g/mol. The lowest BCUT2D eigenvalue weighted by Crippen LogP contribution is -2.30. The summed E-state index contributed by atoms with van der Waals surface area (Å²) in [6.07, 6.45) is 1.52. The molecule has 0 unspecified atom stereocenters. The molecular weight excluding hydrogens is 282 g/mol. The van der Waals surface area contributed by atoms with Crippen molar-refractivity contribution in [3.05, 3.63) is 40.2 Å². The number of aromatic nitrogens is 1. The van der Waals surface area contributed by atoms with E-state index in [1.54, 1.807) is 31.4 Å². The van der Waals surface area contributed by atoms with Gasteiger partial charge in [-0.3, -0.25) is 4.79 Å². The zero-order chi connectivity index (χ0) is 15.9. The van der Waals surface area contributed by atoms with Gasteiger partial charge in [0.2, 0.25) is 0 Å². The van der Waals surface area contributed by atoms with Crippen LogP contribution in [0, 0.1) is 0 Å². The molecule has 2 rings (SSSR count). The van der Waals surface area contributed by atoms with Crippen molar-refractivity contribution in [3.63, 3.8) is 0 Å². The standard InChI is InChI=1S/C16H21N3O3/c1-3-11-10-15(20)13-9-12(5-6-14(13)18-11)19-16(21)17-7-4-8-22-2/h5-6,9-10H,3-4,7-8H2,1-2H3,(H,18,20)(H2,17,19,21). The highest BCUT2D eigenvalue weighted by molar-refractivity contribution is 5.92. The number of anilines is 1. The normalized spacial score (nSPS) is 10.6. The van der Waals surface area contributed by atoms with Crippen molar-refractivity contribution < 1.29 is 9.53 Å². The molecule has 0 aliphatic rings. The van der Waals surface area contributed by atoms with Gasteiger partial charge >= 0.3 is 6.03 Å². The lowest BCUT2D eigenvalue weighted by Gasteiger charge is -2.09. The summed E-state index contributed by atoms with van der Waals surface area (Å²) in [7, 11) is 1.62. The summed E-state index contributed by atoms with van der Waals surface area (Å²) in [5, 5.41) is 6.02. The summed E-state index contributed by atoms with van der Waals surface area (Å²) in [6, 6.07) is 6.55. The Morgan fingerprint density at radius 1 is 1.32 bits per heavy atom. The first-order chi connectivity index (χ1) is 10.6. The Balaban J connectivity index is 2.08. The number of rotatable bonds is 6. The molecular formula is C16H21N3O3. The number of H-pyrrole nitrogens is 1. The maximum absolute atomic E-state index is 12.1. The minimum Gasteiger partial charge on any atom is -0.385 e. The number of fused-ring (bicyclic) bond motifs is 1. The molecule has 0 spiro atoms. The number of carbonyl (C=O) groups excluding carboxylic acids is 1. The molecule has 0 aliphatic heterocycles. The van der Waals surface area contributed by atoms with Gasteiger partial charge in [0.15, 0.2) is 5.43 Å². The average Bonchev–Trinajstić information content (AvgIpc) is 2.52. The highest BCUT2D eigenvalue weighted by Crippen LogP contribution is 2.15. The molecule has 6 nitrogen and oxygen atoms in total. The predicted octanol–water partition coefficient (Wildman–Crippen LogP) is 2.25. The molecule has 2 aromatic rings. The number of aromatic amines is 1. The number of methoxy groups -OCH3 is 1. The number of benzene rings is 1. The number of amides is 2. The van der Waals surface area contributed by atoms with E-state index in [1.165, 1.54) is 0 Å². The highest BCUT2D eigenvalue weighted by Gasteiger charge is 2.05. The molecule has 0 fully saturated rings. The van der Waals surface area contributed by atoms with E-state index in [4.69, 9.17) is 4.74 Å². The van der Waals surface area contributed by atoms with Crippen molar-refractivity contribution >= 4 is 22.6 Å². The van der Waals surface area contributed by atoms with E-state index in [1.807, 2.05) is 6.92 Å². The van der Waals surface area contributed by atoms with Gasteiger partial charge in [-0.25, -0.2) is 4.79 Å². The number of aryl methyl sites for hydroxylation is 1. The molecule has 2 amide bonds. The van der Waals surface area contributed by atoms with E-state index >= 15 is 0 Å². The first-order valence-corrected chi connectivity index (χ1v) is 7.33. The zero-order valence-corrected chi connectivity index (χ0v) is 12.9. The molecule has 118 valence electrons. The lowest BCUT2D eigenvalue weighted by molar-refractivity contribution is 0.194. The summed E-state index contributed by atoms with van der Waals surface area (Å²) in [5.41, 5.74) is 2.21. The van der Waals surface area contributed by atoms with Gasteiger partial charge in [-0.2, -0.15) is 0 Å². The van der Waals surface area contributed by atoms with E-state index in [-0.39, 0.29) is 11.5 Å². The Morgan fingerprint density at radius 3 is 2.86 bits per heavy atom. The molecule has 0 saturated carbocycles. The molecule has 1 heterocycles. The molecule has 0 saturated heterocycles. The maximum Gasteiger partial charge on any atom is 0.319 e. The molecule has 0 atom stereocenters. The number of hydrogen-bond acceptors (Lipinski definition) is 3. The molecule has 3 N–H and O–H groups in total. The van der Waals surface area contributed by atoms with Gasteiger partial charge < -0.3 is 20.4 Å². The van der Waals surface area contributed by atoms with Crippen LogP contribution >= 0.6 is 0 Å². The van der Waals surface area contributed by atoms with Crippen molar-refractivity contribution in [1.29, 1.82) is 0 Å². The smallest absolute Gasteiger partial charge is 0.319 e. The number of hydrogen-bond donors (Lipinski definition) is 3. The second-order valence-electron chi connectivity index (χ2n) is 5.00. The van der Waals surface area contributed by atoms with Crippen LogP contribution < -0.4 is 16.1 Å². The van der Waals surface area contributed by atoms with E-state index in [9.17, 15) is 9.59 Å². The van der Waals surface area contributed by atoms with Crippen LogP contribution in [0.15, 0.2) is 29.1 Å². The van der Waals surface area contributed by atoms with Gasteiger partial charge in [0.05, 0.1) is 0 Å². The lowest BCUT2D eigenvalue weighted by atomic mass is 10.1. The Bertz CT molecular complexity index is 709. The second-order valence-corrected chi connectivity index (χ2v) is 5.00.